The molecule has 0 saturated carbocycles. The molecule has 0 fully saturated rings. The van der Waals surface area contributed by atoms with E-state index in [1.165, 1.54) is 11.3 Å². The first-order chi connectivity index (χ1) is 12.9. The number of thiazole rings is 1. The molecule has 1 N–H and O–H groups in total. The zero-order valence-corrected chi connectivity index (χ0v) is 16.2. The van der Waals surface area contributed by atoms with Crippen molar-refractivity contribution in [1.82, 2.24) is 4.98 Å². The third kappa shape index (κ3) is 4.60. The topological polar surface area (TPSA) is 68.3 Å². The number of benzene rings is 2. The maximum atomic E-state index is 12.9. The first kappa shape index (κ1) is 18.8. The Hall–Kier alpha value is -2.99. The van der Waals surface area contributed by atoms with Crippen molar-refractivity contribution in [1.29, 1.82) is 0 Å². The van der Waals surface area contributed by atoms with E-state index in [9.17, 15) is 9.59 Å². The van der Waals surface area contributed by atoms with Gasteiger partial charge in [-0.15, -0.1) is 11.3 Å². The number of nitrogens with zero attached hydrogens (tertiary/aromatic N) is 1. The first-order valence-electron chi connectivity index (χ1n) is 8.49. The molecule has 5 nitrogen and oxygen atoms in total. The van der Waals surface area contributed by atoms with Crippen LogP contribution in [0.25, 0.3) is 0 Å². The standard InChI is InChI=1S/C21H20N2O3S/c1-13-9-14(2)11-17(10-13)23-20(24)18(16-7-5-4-6-8-16)26-21(25)19-15(3)22-12-27-19/h4-12,18H,1-3H3,(H,23,24). The summed E-state index contributed by atoms with van der Waals surface area (Å²) in [7, 11) is 0. The SMILES string of the molecule is Cc1cc(C)cc(NC(=O)C(OC(=O)c2scnc2C)c2ccccc2)c1. The van der Waals surface area contributed by atoms with Crippen molar-refractivity contribution in [2.24, 2.45) is 0 Å². The zero-order valence-electron chi connectivity index (χ0n) is 15.4. The molecule has 138 valence electrons. The highest BCUT2D eigenvalue weighted by Gasteiger charge is 2.27. The van der Waals surface area contributed by atoms with Gasteiger partial charge in [-0.1, -0.05) is 36.4 Å². The molecule has 1 heterocycles. The van der Waals surface area contributed by atoms with Crippen LogP contribution in [0.4, 0.5) is 5.69 Å². The first-order valence-corrected chi connectivity index (χ1v) is 9.37. The second-order valence-electron chi connectivity index (χ2n) is 6.33. The van der Waals surface area contributed by atoms with Crippen LogP contribution in [0.2, 0.25) is 0 Å². The van der Waals surface area contributed by atoms with Crippen molar-refractivity contribution < 1.29 is 14.3 Å². The van der Waals surface area contributed by atoms with Gasteiger partial charge in [-0.25, -0.2) is 9.78 Å². The van der Waals surface area contributed by atoms with Crippen molar-refractivity contribution in [3.05, 3.63) is 81.3 Å². The molecule has 0 spiro atoms. The fourth-order valence-electron chi connectivity index (χ4n) is 2.81. The Labute approximate surface area is 162 Å². The number of aryl methyl sites for hydroxylation is 3. The number of aromatic nitrogens is 1. The molecular formula is C21H20N2O3S. The van der Waals surface area contributed by atoms with Gasteiger partial charge in [-0.3, -0.25) is 4.79 Å². The number of hydrogen-bond acceptors (Lipinski definition) is 5. The molecule has 1 amide bonds. The van der Waals surface area contributed by atoms with Gasteiger partial charge < -0.3 is 10.1 Å². The molecule has 0 aliphatic rings. The van der Waals surface area contributed by atoms with E-state index in [0.717, 1.165) is 11.1 Å². The number of carbonyl (C=O) groups is 2. The van der Waals surface area contributed by atoms with Gasteiger partial charge in [-0.05, 0) is 44.0 Å². The van der Waals surface area contributed by atoms with E-state index >= 15 is 0 Å². The summed E-state index contributed by atoms with van der Waals surface area (Å²) in [5, 5.41) is 2.86. The molecule has 0 radical (unpaired) electrons. The number of anilines is 1. The van der Waals surface area contributed by atoms with Crippen LogP contribution in [-0.4, -0.2) is 16.9 Å². The number of amides is 1. The summed E-state index contributed by atoms with van der Waals surface area (Å²) in [5.74, 6) is -0.957. The Morgan fingerprint density at radius 2 is 1.70 bits per heavy atom. The van der Waals surface area contributed by atoms with Crippen molar-refractivity contribution >= 4 is 28.9 Å². The van der Waals surface area contributed by atoms with Gasteiger partial charge in [0.15, 0.2) is 0 Å². The number of rotatable bonds is 5. The van der Waals surface area contributed by atoms with E-state index in [2.05, 4.69) is 10.3 Å². The van der Waals surface area contributed by atoms with E-state index in [1.54, 1.807) is 36.7 Å². The number of hydrogen-bond donors (Lipinski definition) is 1. The monoisotopic (exact) mass is 380 g/mol. The van der Waals surface area contributed by atoms with E-state index < -0.39 is 18.0 Å². The van der Waals surface area contributed by atoms with Crippen LogP contribution in [0.15, 0.2) is 54.0 Å². The zero-order chi connectivity index (χ0) is 19.4. The summed E-state index contributed by atoms with van der Waals surface area (Å²) in [4.78, 5) is 29.9. The van der Waals surface area contributed by atoms with Gasteiger partial charge >= 0.3 is 5.97 Å². The Morgan fingerprint density at radius 3 is 2.30 bits per heavy atom. The van der Waals surface area contributed by atoms with Gasteiger partial charge in [-0.2, -0.15) is 0 Å². The van der Waals surface area contributed by atoms with Gasteiger partial charge in [0.1, 0.15) is 4.88 Å². The minimum absolute atomic E-state index is 0.398. The van der Waals surface area contributed by atoms with Gasteiger partial charge in [0.2, 0.25) is 6.10 Å². The Balaban J connectivity index is 1.86. The maximum absolute atomic E-state index is 12.9. The smallest absolute Gasteiger partial charge is 0.351 e. The van der Waals surface area contributed by atoms with E-state index in [4.69, 9.17) is 4.74 Å². The van der Waals surface area contributed by atoms with Crippen LogP contribution in [0.5, 0.6) is 0 Å². The molecule has 1 atom stereocenters. The Morgan fingerprint density at radius 1 is 1.04 bits per heavy atom. The van der Waals surface area contributed by atoms with Crippen molar-refractivity contribution in [3.8, 4) is 0 Å². The summed E-state index contributed by atoms with van der Waals surface area (Å²) in [5.41, 5.74) is 5.53. The Bertz CT molecular complexity index is 946. The molecule has 3 aromatic rings. The van der Waals surface area contributed by atoms with Crippen LogP contribution >= 0.6 is 11.3 Å². The van der Waals surface area contributed by atoms with E-state index in [0.29, 0.717) is 21.8 Å². The van der Waals surface area contributed by atoms with Crippen molar-refractivity contribution in [2.75, 3.05) is 5.32 Å². The number of ether oxygens (including phenoxy) is 1. The largest absolute Gasteiger partial charge is 0.443 e. The molecule has 2 aromatic carbocycles. The van der Waals surface area contributed by atoms with Crippen molar-refractivity contribution in [3.63, 3.8) is 0 Å². The Kier molecular flexibility index (Phi) is 5.66. The van der Waals surface area contributed by atoms with Gasteiger partial charge in [0, 0.05) is 11.3 Å². The summed E-state index contributed by atoms with van der Waals surface area (Å²) in [6.07, 6.45) is -1.05. The average Bonchev–Trinajstić information content (AvgIpc) is 3.05. The lowest BCUT2D eigenvalue weighted by Crippen LogP contribution is -2.26. The molecule has 0 aliphatic heterocycles. The van der Waals surface area contributed by atoms with Crippen LogP contribution < -0.4 is 5.32 Å². The van der Waals surface area contributed by atoms with E-state index in [1.807, 2.05) is 38.1 Å². The normalized spacial score (nSPS) is 11.7. The molecule has 1 unspecified atom stereocenters. The highest BCUT2D eigenvalue weighted by Crippen LogP contribution is 2.24. The van der Waals surface area contributed by atoms with Crippen LogP contribution in [-0.2, 0) is 9.53 Å². The summed E-state index contributed by atoms with van der Waals surface area (Å²) >= 11 is 1.20. The third-order valence-corrected chi connectivity index (χ3v) is 4.89. The van der Waals surface area contributed by atoms with Gasteiger partial charge in [0.05, 0.1) is 11.2 Å². The third-order valence-electron chi connectivity index (χ3n) is 3.99. The predicted octanol–water partition coefficient (Wildman–Crippen LogP) is 4.61. The van der Waals surface area contributed by atoms with E-state index in [-0.39, 0.29) is 0 Å². The summed E-state index contributed by atoms with van der Waals surface area (Å²) in [6.45, 7) is 5.66. The molecule has 27 heavy (non-hydrogen) atoms. The lowest BCUT2D eigenvalue weighted by Gasteiger charge is -2.18. The molecule has 0 saturated heterocycles. The molecule has 0 aliphatic carbocycles. The predicted molar refractivity (Wildman–Crippen MR) is 106 cm³/mol. The van der Waals surface area contributed by atoms with Crippen LogP contribution in [0.3, 0.4) is 0 Å². The van der Waals surface area contributed by atoms with Crippen LogP contribution in [0, 0.1) is 20.8 Å². The summed E-state index contributed by atoms with van der Waals surface area (Å²) in [6, 6.07) is 14.8. The quantitative estimate of drug-likeness (QED) is 0.657. The fourth-order valence-corrected chi connectivity index (χ4v) is 3.50. The lowest BCUT2D eigenvalue weighted by molar-refractivity contribution is -0.125. The highest BCUT2D eigenvalue weighted by molar-refractivity contribution is 7.11. The van der Waals surface area contributed by atoms with Gasteiger partial charge in [0.25, 0.3) is 5.91 Å². The highest BCUT2D eigenvalue weighted by atomic mass is 32.1. The molecule has 3 rings (SSSR count). The maximum Gasteiger partial charge on any atom is 0.351 e. The summed E-state index contributed by atoms with van der Waals surface area (Å²) < 4.78 is 5.58. The molecular weight excluding hydrogens is 360 g/mol. The lowest BCUT2D eigenvalue weighted by atomic mass is 10.1. The minimum Gasteiger partial charge on any atom is -0.443 e. The average molecular weight is 380 g/mol. The number of esters is 1. The molecule has 0 bridgehead atoms. The second kappa shape index (κ2) is 8.14. The molecule has 1 aromatic heterocycles. The second-order valence-corrected chi connectivity index (χ2v) is 7.18. The van der Waals surface area contributed by atoms with Crippen LogP contribution in [0.1, 0.15) is 38.2 Å². The number of nitrogens with one attached hydrogen (secondary N) is 1. The number of carbonyl (C=O) groups excluding carboxylic acids is 2. The fraction of sp³-hybridized carbons (Fsp3) is 0.190. The minimum atomic E-state index is -1.05. The van der Waals surface area contributed by atoms with Crippen molar-refractivity contribution in [2.45, 2.75) is 26.9 Å². The molecule has 6 heteroatoms.